The topological polar surface area (TPSA) is 83.9 Å². The fraction of sp³-hybridized carbons (Fsp3) is 0.409. The number of carboxylic acid groups (broad SMARTS) is 1. The van der Waals surface area contributed by atoms with Gasteiger partial charge in [0.15, 0.2) is 5.60 Å². The highest BCUT2D eigenvalue weighted by atomic mass is 79.9. The van der Waals surface area contributed by atoms with Gasteiger partial charge in [-0.1, -0.05) is 35.0 Å². The second-order valence-electron chi connectivity index (χ2n) is 7.52. The van der Waals surface area contributed by atoms with E-state index in [-0.39, 0.29) is 0 Å². The van der Waals surface area contributed by atoms with E-state index in [2.05, 4.69) is 15.9 Å². The molecular formula is C22H28BrNO5S. The van der Waals surface area contributed by atoms with Crippen molar-refractivity contribution in [3.63, 3.8) is 0 Å². The molecular weight excluding hydrogens is 470 g/mol. The smallest absolute Gasteiger partial charge is 0.347 e. The number of aryl methyl sites for hydroxylation is 1. The van der Waals surface area contributed by atoms with Gasteiger partial charge in [0.1, 0.15) is 5.75 Å². The fourth-order valence-corrected chi connectivity index (χ4v) is 4.71. The Labute approximate surface area is 187 Å². The van der Waals surface area contributed by atoms with Gasteiger partial charge in [-0.05, 0) is 75.1 Å². The molecule has 0 heterocycles. The Morgan fingerprint density at radius 2 is 1.67 bits per heavy atom. The molecule has 0 fully saturated rings. The van der Waals surface area contributed by atoms with E-state index in [9.17, 15) is 13.2 Å². The third-order valence-corrected chi connectivity index (χ3v) is 7.05. The van der Waals surface area contributed by atoms with Crippen molar-refractivity contribution < 1.29 is 23.1 Å². The Morgan fingerprint density at radius 3 is 2.20 bits per heavy atom. The second-order valence-corrected chi connectivity index (χ2v) is 10.4. The number of sulfonamides is 1. The van der Waals surface area contributed by atoms with Crippen LogP contribution in [0.25, 0.3) is 0 Å². The Morgan fingerprint density at radius 1 is 1.07 bits per heavy atom. The number of carbonyl (C=O) groups is 1. The first-order chi connectivity index (χ1) is 14.1. The van der Waals surface area contributed by atoms with E-state index in [0.717, 1.165) is 16.5 Å². The van der Waals surface area contributed by atoms with Crippen LogP contribution in [-0.2, 0) is 21.2 Å². The van der Waals surface area contributed by atoms with Crippen molar-refractivity contribution in [2.24, 2.45) is 0 Å². The summed E-state index contributed by atoms with van der Waals surface area (Å²) in [5.74, 6) is -0.550. The van der Waals surface area contributed by atoms with Crippen LogP contribution in [0.2, 0.25) is 0 Å². The van der Waals surface area contributed by atoms with Crippen molar-refractivity contribution in [3.8, 4) is 5.75 Å². The molecule has 0 unspecified atom stereocenters. The number of carboxylic acids is 1. The van der Waals surface area contributed by atoms with Crippen molar-refractivity contribution in [2.45, 2.75) is 50.5 Å². The SMILES string of the molecule is CCCN(CCCc1ccc(OC(C)(C)C(=O)O)cc1)S(=O)(=O)c1ccc(Br)cc1. The molecule has 8 heteroatoms. The third kappa shape index (κ3) is 6.55. The minimum atomic E-state index is -3.53. The van der Waals surface area contributed by atoms with Gasteiger partial charge in [-0.2, -0.15) is 4.31 Å². The molecule has 0 aliphatic carbocycles. The maximum atomic E-state index is 13.0. The van der Waals surface area contributed by atoms with Crippen LogP contribution in [0.15, 0.2) is 57.9 Å². The molecule has 2 aromatic carbocycles. The van der Waals surface area contributed by atoms with Crippen molar-refractivity contribution in [1.82, 2.24) is 4.31 Å². The molecule has 0 aromatic heterocycles. The summed E-state index contributed by atoms with van der Waals surface area (Å²) in [5.41, 5.74) is -0.267. The molecule has 0 radical (unpaired) electrons. The lowest BCUT2D eigenvalue weighted by atomic mass is 10.1. The summed E-state index contributed by atoms with van der Waals surface area (Å²) in [7, 11) is -3.53. The molecule has 0 aliphatic rings. The summed E-state index contributed by atoms with van der Waals surface area (Å²) in [6.07, 6.45) is 2.12. The zero-order valence-electron chi connectivity index (χ0n) is 17.5. The van der Waals surface area contributed by atoms with Gasteiger partial charge in [0, 0.05) is 17.6 Å². The molecule has 0 atom stereocenters. The highest BCUT2D eigenvalue weighted by Gasteiger charge is 2.29. The van der Waals surface area contributed by atoms with Crippen LogP contribution in [0.3, 0.4) is 0 Å². The predicted molar refractivity (Wildman–Crippen MR) is 120 cm³/mol. The van der Waals surface area contributed by atoms with E-state index in [1.165, 1.54) is 18.2 Å². The Bertz CT molecular complexity index is 940. The largest absolute Gasteiger partial charge is 0.478 e. The first-order valence-electron chi connectivity index (χ1n) is 9.83. The zero-order chi connectivity index (χ0) is 22.4. The lowest BCUT2D eigenvalue weighted by molar-refractivity contribution is -0.152. The van der Waals surface area contributed by atoms with E-state index in [0.29, 0.717) is 36.6 Å². The molecule has 2 rings (SSSR count). The molecule has 30 heavy (non-hydrogen) atoms. The summed E-state index contributed by atoms with van der Waals surface area (Å²) in [4.78, 5) is 11.5. The van der Waals surface area contributed by atoms with Crippen LogP contribution in [0.1, 0.15) is 39.2 Å². The standard InChI is InChI=1S/C22H28BrNO5S/c1-4-15-24(30(27,28)20-13-9-18(23)10-14-20)16-5-6-17-7-11-19(12-8-17)29-22(2,3)21(25)26/h7-14H,4-6,15-16H2,1-3H3,(H,25,26). The fourth-order valence-electron chi connectivity index (χ4n) is 2.88. The first-order valence-corrected chi connectivity index (χ1v) is 12.1. The number of nitrogens with zero attached hydrogens (tertiary/aromatic N) is 1. The normalized spacial score (nSPS) is 12.2. The van der Waals surface area contributed by atoms with Crippen molar-refractivity contribution in [2.75, 3.05) is 13.1 Å². The maximum Gasteiger partial charge on any atom is 0.347 e. The maximum absolute atomic E-state index is 13.0. The molecule has 0 saturated heterocycles. The number of ether oxygens (including phenoxy) is 1. The Balaban J connectivity index is 1.99. The molecule has 164 valence electrons. The number of hydrogen-bond acceptors (Lipinski definition) is 4. The van der Waals surface area contributed by atoms with Gasteiger partial charge in [-0.25, -0.2) is 13.2 Å². The van der Waals surface area contributed by atoms with Crippen LogP contribution in [-0.4, -0.2) is 42.5 Å². The third-order valence-electron chi connectivity index (χ3n) is 4.61. The van der Waals surface area contributed by atoms with E-state index in [1.807, 2.05) is 19.1 Å². The zero-order valence-corrected chi connectivity index (χ0v) is 19.9. The summed E-state index contributed by atoms with van der Waals surface area (Å²) in [6.45, 7) is 5.85. The number of halogens is 1. The van der Waals surface area contributed by atoms with Crippen LogP contribution in [0.4, 0.5) is 0 Å². The van der Waals surface area contributed by atoms with E-state index < -0.39 is 21.6 Å². The van der Waals surface area contributed by atoms with E-state index in [4.69, 9.17) is 9.84 Å². The average molecular weight is 498 g/mol. The monoisotopic (exact) mass is 497 g/mol. The molecule has 0 amide bonds. The number of benzene rings is 2. The molecule has 0 bridgehead atoms. The Kier molecular flexibility index (Phi) is 8.46. The minimum absolute atomic E-state index is 0.293. The predicted octanol–water partition coefficient (Wildman–Crippen LogP) is 4.72. The highest BCUT2D eigenvalue weighted by molar-refractivity contribution is 9.10. The van der Waals surface area contributed by atoms with Gasteiger partial charge >= 0.3 is 5.97 Å². The molecule has 0 aliphatic heterocycles. The molecule has 6 nitrogen and oxygen atoms in total. The quantitative estimate of drug-likeness (QED) is 0.485. The molecule has 1 N–H and O–H groups in total. The number of rotatable bonds is 11. The molecule has 2 aromatic rings. The average Bonchev–Trinajstić information content (AvgIpc) is 2.68. The highest BCUT2D eigenvalue weighted by Crippen LogP contribution is 2.22. The number of hydrogen-bond donors (Lipinski definition) is 1. The lowest BCUT2D eigenvalue weighted by Gasteiger charge is -2.22. The second kappa shape index (κ2) is 10.4. The van der Waals surface area contributed by atoms with Crippen LogP contribution in [0, 0.1) is 0 Å². The summed E-state index contributed by atoms with van der Waals surface area (Å²) in [5, 5.41) is 9.15. The first kappa shape index (κ1) is 24.4. The number of aliphatic carboxylic acids is 1. The van der Waals surface area contributed by atoms with Crippen LogP contribution < -0.4 is 4.74 Å². The van der Waals surface area contributed by atoms with Gasteiger partial charge in [-0.3, -0.25) is 0 Å². The molecule has 0 saturated carbocycles. The lowest BCUT2D eigenvalue weighted by Crippen LogP contribution is -2.37. The Hall–Kier alpha value is -1.90. The molecule has 0 spiro atoms. The van der Waals surface area contributed by atoms with Crippen LogP contribution in [0.5, 0.6) is 5.75 Å². The van der Waals surface area contributed by atoms with Crippen molar-refractivity contribution in [3.05, 3.63) is 58.6 Å². The van der Waals surface area contributed by atoms with Gasteiger partial charge in [-0.15, -0.1) is 0 Å². The summed E-state index contributed by atoms with van der Waals surface area (Å²) in [6, 6.07) is 13.9. The van der Waals surface area contributed by atoms with Crippen molar-refractivity contribution >= 4 is 31.9 Å². The minimum Gasteiger partial charge on any atom is -0.478 e. The van der Waals surface area contributed by atoms with Gasteiger partial charge in [0.05, 0.1) is 4.90 Å². The van der Waals surface area contributed by atoms with Gasteiger partial charge in [0.25, 0.3) is 0 Å². The van der Waals surface area contributed by atoms with Crippen LogP contribution >= 0.6 is 15.9 Å². The van der Waals surface area contributed by atoms with Crippen molar-refractivity contribution in [1.29, 1.82) is 0 Å². The summed E-state index contributed by atoms with van der Waals surface area (Å²) < 4.78 is 33.8. The van der Waals surface area contributed by atoms with Gasteiger partial charge in [0.2, 0.25) is 10.0 Å². The van der Waals surface area contributed by atoms with E-state index >= 15 is 0 Å². The van der Waals surface area contributed by atoms with Gasteiger partial charge < -0.3 is 9.84 Å². The van der Waals surface area contributed by atoms with E-state index in [1.54, 1.807) is 36.4 Å². The summed E-state index contributed by atoms with van der Waals surface area (Å²) >= 11 is 3.33.